The van der Waals surface area contributed by atoms with Crippen molar-refractivity contribution in [3.63, 3.8) is 0 Å². The highest BCUT2D eigenvalue weighted by atomic mass is 16.5. The zero-order valence-corrected chi connectivity index (χ0v) is 8.37. The van der Waals surface area contributed by atoms with Gasteiger partial charge in [0.15, 0.2) is 5.82 Å². The lowest BCUT2D eigenvalue weighted by atomic mass is 10.2. The third-order valence-electron chi connectivity index (χ3n) is 1.91. The van der Waals surface area contributed by atoms with Crippen molar-refractivity contribution in [2.75, 3.05) is 0 Å². The molecule has 2 heterocycles. The second-order valence-electron chi connectivity index (χ2n) is 2.99. The summed E-state index contributed by atoms with van der Waals surface area (Å²) in [6, 6.07) is 1.72. The number of allylic oxidation sites excluding steroid dienone is 2. The van der Waals surface area contributed by atoms with Gasteiger partial charge in [0.25, 0.3) is 6.29 Å². The fourth-order valence-corrected chi connectivity index (χ4v) is 1.17. The van der Waals surface area contributed by atoms with E-state index in [1.807, 2.05) is 0 Å². The Labute approximate surface area is 92.4 Å². The monoisotopic (exact) mass is 217 g/mol. The van der Waals surface area contributed by atoms with Crippen LogP contribution in [0.1, 0.15) is 5.82 Å². The molecule has 1 aliphatic heterocycles. The van der Waals surface area contributed by atoms with Crippen LogP contribution in [0.2, 0.25) is 0 Å². The zero-order chi connectivity index (χ0) is 11.2. The molecule has 81 valence electrons. The van der Waals surface area contributed by atoms with Crippen LogP contribution in [0.25, 0.3) is 0 Å². The quantitative estimate of drug-likeness (QED) is 0.749. The van der Waals surface area contributed by atoms with Crippen molar-refractivity contribution in [1.82, 2.24) is 9.97 Å². The van der Waals surface area contributed by atoms with Gasteiger partial charge in [-0.25, -0.2) is 9.97 Å². The fraction of sp³-hybridized carbons (Fsp3) is 0.182. The molecule has 0 N–H and O–H groups in total. The van der Waals surface area contributed by atoms with Gasteiger partial charge in [-0.3, -0.25) is 4.79 Å². The highest BCUT2D eigenvalue weighted by Crippen LogP contribution is 2.13. The summed E-state index contributed by atoms with van der Waals surface area (Å²) in [6.07, 6.45) is 8.91. The molecule has 1 radical (unpaired) electrons. The van der Waals surface area contributed by atoms with Gasteiger partial charge in [0.2, 0.25) is 6.10 Å². The molecule has 5 heteroatoms. The number of hydrogen-bond acceptors (Lipinski definition) is 5. The fourth-order valence-electron chi connectivity index (χ4n) is 1.17. The van der Waals surface area contributed by atoms with Crippen LogP contribution < -0.4 is 0 Å². The molecule has 1 aromatic rings. The lowest BCUT2D eigenvalue weighted by molar-refractivity contribution is 0.106. The lowest BCUT2D eigenvalue weighted by Crippen LogP contribution is -2.19. The minimum Gasteiger partial charge on any atom is -0.485 e. The van der Waals surface area contributed by atoms with E-state index in [-0.39, 0.29) is 6.61 Å². The maximum absolute atomic E-state index is 10.5. The topological polar surface area (TPSA) is 61.3 Å². The number of carbonyl (C=O) groups excluding carboxylic acids is 1. The molecule has 0 bridgehead atoms. The first-order chi connectivity index (χ1) is 7.90. The van der Waals surface area contributed by atoms with Gasteiger partial charge in [-0.15, -0.1) is 0 Å². The summed E-state index contributed by atoms with van der Waals surface area (Å²) in [7, 11) is 0. The van der Waals surface area contributed by atoms with Gasteiger partial charge in [-0.1, -0.05) is 0 Å². The van der Waals surface area contributed by atoms with Crippen LogP contribution in [0.3, 0.4) is 0 Å². The normalized spacial score (nSPS) is 18.5. The number of rotatable bonds is 4. The van der Waals surface area contributed by atoms with E-state index in [1.54, 1.807) is 36.9 Å². The van der Waals surface area contributed by atoms with Gasteiger partial charge < -0.3 is 9.47 Å². The Hall–Kier alpha value is -2.17. The molecule has 0 fully saturated rings. The highest BCUT2D eigenvalue weighted by Gasteiger charge is 2.18. The molecule has 0 amide bonds. The Bertz CT molecular complexity index is 414. The van der Waals surface area contributed by atoms with Crippen molar-refractivity contribution >= 4 is 6.29 Å². The summed E-state index contributed by atoms with van der Waals surface area (Å²) in [5.41, 5.74) is 0. The maximum atomic E-state index is 10.5. The average molecular weight is 217 g/mol. The van der Waals surface area contributed by atoms with Crippen molar-refractivity contribution in [2.24, 2.45) is 0 Å². The Morgan fingerprint density at radius 3 is 3.00 bits per heavy atom. The van der Waals surface area contributed by atoms with E-state index >= 15 is 0 Å². The molecule has 1 unspecified atom stereocenters. The Morgan fingerprint density at radius 2 is 2.25 bits per heavy atom. The summed E-state index contributed by atoms with van der Waals surface area (Å²) in [5, 5.41) is 0. The van der Waals surface area contributed by atoms with Crippen LogP contribution in [0, 0.1) is 0 Å². The molecule has 5 nitrogen and oxygen atoms in total. The summed E-state index contributed by atoms with van der Waals surface area (Å²) < 4.78 is 10.4. The molecule has 0 aromatic carbocycles. The molecule has 1 aliphatic rings. The molecular formula is C11H9N2O3. The van der Waals surface area contributed by atoms with E-state index in [0.717, 1.165) is 0 Å². The summed E-state index contributed by atoms with van der Waals surface area (Å²) in [6.45, 7) is 0.196. The molecule has 1 atom stereocenters. The van der Waals surface area contributed by atoms with E-state index in [1.165, 1.54) is 6.26 Å². The zero-order valence-electron chi connectivity index (χ0n) is 8.37. The molecule has 0 saturated carbocycles. The van der Waals surface area contributed by atoms with Crippen molar-refractivity contribution in [3.05, 3.63) is 48.5 Å². The van der Waals surface area contributed by atoms with Gasteiger partial charge in [0.1, 0.15) is 12.4 Å². The SMILES string of the molecule is O=[C]C1OC=CC=C1OCc1ncccn1. The predicted octanol–water partition coefficient (Wildman–Crippen LogP) is 0.899. The second kappa shape index (κ2) is 5.06. The Kier molecular flexibility index (Phi) is 3.28. The largest absolute Gasteiger partial charge is 0.485 e. The smallest absolute Gasteiger partial charge is 0.251 e. The van der Waals surface area contributed by atoms with E-state index in [4.69, 9.17) is 9.47 Å². The number of nitrogens with zero attached hydrogens (tertiary/aromatic N) is 2. The van der Waals surface area contributed by atoms with Crippen molar-refractivity contribution in [2.45, 2.75) is 12.7 Å². The average Bonchev–Trinajstić information content (AvgIpc) is 2.38. The van der Waals surface area contributed by atoms with Crippen LogP contribution in [-0.4, -0.2) is 22.4 Å². The van der Waals surface area contributed by atoms with Crippen LogP contribution in [0.15, 0.2) is 42.6 Å². The first-order valence-corrected chi connectivity index (χ1v) is 4.68. The van der Waals surface area contributed by atoms with E-state index in [2.05, 4.69) is 9.97 Å². The van der Waals surface area contributed by atoms with Crippen LogP contribution in [0.5, 0.6) is 0 Å². The summed E-state index contributed by atoms with van der Waals surface area (Å²) in [4.78, 5) is 18.5. The first-order valence-electron chi connectivity index (χ1n) is 4.68. The number of hydrogen-bond donors (Lipinski definition) is 0. The van der Waals surface area contributed by atoms with Gasteiger partial charge in [0, 0.05) is 12.4 Å². The Balaban J connectivity index is 1.97. The third kappa shape index (κ3) is 2.44. The molecule has 0 aliphatic carbocycles. The first kappa shape index (κ1) is 10.4. The standard InChI is InChI=1S/C11H9N2O3/c14-7-10-9(3-1-6-15-10)16-8-11-12-4-2-5-13-11/h1-6,10H,8H2. The van der Waals surface area contributed by atoms with Gasteiger partial charge >= 0.3 is 0 Å². The van der Waals surface area contributed by atoms with Gasteiger partial charge in [0.05, 0.1) is 6.26 Å². The molecule has 0 saturated heterocycles. The summed E-state index contributed by atoms with van der Waals surface area (Å²) in [5.74, 6) is 0.951. The minimum atomic E-state index is -0.797. The number of ether oxygens (including phenoxy) is 2. The third-order valence-corrected chi connectivity index (χ3v) is 1.91. The van der Waals surface area contributed by atoms with E-state index in [9.17, 15) is 4.79 Å². The molecule has 0 spiro atoms. The Morgan fingerprint density at radius 1 is 1.44 bits per heavy atom. The maximum Gasteiger partial charge on any atom is 0.251 e. The number of aromatic nitrogens is 2. The van der Waals surface area contributed by atoms with Crippen LogP contribution >= 0.6 is 0 Å². The van der Waals surface area contributed by atoms with Crippen LogP contribution in [0.4, 0.5) is 0 Å². The van der Waals surface area contributed by atoms with Crippen LogP contribution in [-0.2, 0) is 20.9 Å². The van der Waals surface area contributed by atoms with Crippen molar-refractivity contribution < 1.29 is 14.3 Å². The summed E-state index contributed by atoms with van der Waals surface area (Å²) >= 11 is 0. The minimum absolute atomic E-state index is 0.196. The molecular weight excluding hydrogens is 208 g/mol. The molecule has 16 heavy (non-hydrogen) atoms. The highest BCUT2D eigenvalue weighted by molar-refractivity contribution is 5.62. The van der Waals surface area contributed by atoms with E-state index in [0.29, 0.717) is 11.6 Å². The second-order valence-corrected chi connectivity index (χ2v) is 2.99. The predicted molar refractivity (Wildman–Crippen MR) is 54.6 cm³/mol. The van der Waals surface area contributed by atoms with Gasteiger partial charge in [-0.2, -0.15) is 0 Å². The van der Waals surface area contributed by atoms with E-state index < -0.39 is 6.10 Å². The van der Waals surface area contributed by atoms with Gasteiger partial charge in [-0.05, 0) is 18.2 Å². The lowest BCUT2D eigenvalue weighted by Gasteiger charge is -2.16. The molecule has 1 aromatic heterocycles. The van der Waals surface area contributed by atoms with Crippen molar-refractivity contribution in [1.29, 1.82) is 0 Å². The molecule has 2 rings (SSSR count). The van der Waals surface area contributed by atoms with Crippen molar-refractivity contribution in [3.8, 4) is 0 Å².